The van der Waals surface area contributed by atoms with Crippen molar-refractivity contribution in [3.05, 3.63) is 71.5 Å². The maximum Gasteiger partial charge on any atom is 0.184 e. The van der Waals surface area contributed by atoms with E-state index < -0.39 is 0 Å². The standard InChI is InChI=1S/C30H33N5O2/c1-35-19-26(25-15-20(18-31)4-9-28(25)35)21-5-7-24(8-6-21)32-11-12-33-27-17-23(30-36-13-14-37-30)16-22-3-2-10-34-29(22)27/h2-4,9-10,15-17,19,21,24,30,32-33H,5-8,11-14H2,1H3. The lowest BCUT2D eigenvalue weighted by molar-refractivity contribution is -0.0439. The van der Waals surface area contributed by atoms with Crippen LogP contribution in [0.1, 0.15) is 54.6 Å². The van der Waals surface area contributed by atoms with Crippen LogP contribution in [0.4, 0.5) is 5.69 Å². The second kappa shape index (κ2) is 10.5. The van der Waals surface area contributed by atoms with Gasteiger partial charge >= 0.3 is 0 Å². The van der Waals surface area contributed by atoms with Crippen LogP contribution in [0.25, 0.3) is 21.8 Å². The summed E-state index contributed by atoms with van der Waals surface area (Å²) in [5.41, 5.74) is 6.35. The van der Waals surface area contributed by atoms with Gasteiger partial charge < -0.3 is 24.7 Å². The molecule has 2 aromatic heterocycles. The number of ether oxygens (including phenoxy) is 2. The highest BCUT2D eigenvalue weighted by Gasteiger charge is 2.25. The van der Waals surface area contributed by atoms with Crippen LogP contribution in [0.2, 0.25) is 0 Å². The molecule has 0 bridgehead atoms. The number of anilines is 1. The lowest BCUT2D eigenvalue weighted by Gasteiger charge is -2.29. The van der Waals surface area contributed by atoms with Crippen molar-refractivity contribution in [2.45, 2.75) is 43.9 Å². The van der Waals surface area contributed by atoms with Gasteiger partial charge in [0.15, 0.2) is 6.29 Å². The van der Waals surface area contributed by atoms with Crippen LogP contribution in [-0.4, -0.2) is 41.9 Å². The maximum absolute atomic E-state index is 9.35. The third-order valence-corrected chi connectivity index (χ3v) is 7.81. The molecule has 2 aromatic carbocycles. The van der Waals surface area contributed by atoms with E-state index in [4.69, 9.17) is 9.47 Å². The summed E-state index contributed by atoms with van der Waals surface area (Å²) in [5, 5.41) is 19.0. The molecule has 37 heavy (non-hydrogen) atoms. The number of nitrogens with zero attached hydrogens (tertiary/aromatic N) is 3. The number of aryl methyl sites for hydroxylation is 1. The maximum atomic E-state index is 9.35. The molecular formula is C30H33N5O2. The Labute approximate surface area is 217 Å². The molecule has 0 unspecified atom stereocenters. The zero-order valence-corrected chi connectivity index (χ0v) is 21.2. The third kappa shape index (κ3) is 4.93. The molecule has 7 heteroatoms. The van der Waals surface area contributed by atoms with Gasteiger partial charge in [-0.1, -0.05) is 6.07 Å². The zero-order valence-electron chi connectivity index (χ0n) is 21.2. The van der Waals surface area contributed by atoms with Gasteiger partial charge in [-0.15, -0.1) is 0 Å². The summed E-state index contributed by atoms with van der Waals surface area (Å²) in [6.07, 6.45) is 8.46. The van der Waals surface area contributed by atoms with E-state index in [1.54, 1.807) is 0 Å². The van der Waals surface area contributed by atoms with E-state index in [1.807, 2.05) is 18.3 Å². The first-order valence-corrected chi connectivity index (χ1v) is 13.3. The molecule has 0 atom stereocenters. The second-order valence-corrected chi connectivity index (χ2v) is 10.2. The Morgan fingerprint density at radius 2 is 1.89 bits per heavy atom. The smallest absolute Gasteiger partial charge is 0.184 e. The van der Waals surface area contributed by atoms with Crippen molar-refractivity contribution in [3.8, 4) is 6.07 Å². The predicted octanol–water partition coefficient (Wildman–Crippen LogP) is 5.37. The summed E-state index contributed by atoms with van der Waals surface area (Å²) in [6.45, 7) is 2.98. The first-order chi connectivity index (χ1) is 18.2. The lowest BCUT2D eigenvalue weighted by Crippen LogP contribution is -2.35. The van der Waals surface area contributed by atoms with Crippen LogP contribution in [0.3, 0.4) is 0 Å². The second-order valence-electron chi connectivity index (χ2n) is 10.2. The molecule has 1 aliphatic heterocycles. The van der Waals surface area contributed by atoms with Gasteiger partial charge in [-0.3, -0.25) is 4.98 Å². The molecule has 2 fully saturated rings. The zero-order chi connectivity index (χ0) is 25.2. The van der Waals surface area contributed by atoms with Crippen LogP contribution < -0.4 is 10.6 Å². The number of nitriles is 1. The normalized spacial score (nSPS) is 20.4. The topological polar surface area (TPSA) is 84.1 Å². The number of hydrogen-bond acceptors (Lipinski definition) is 6. The highest BCUT2D eigenvalue weighted by atomic mass is 16.7. The summed E-state index contributed by atoms with van der Waals surface area (Å²) < 4.78 is 13.6. The van der Waals surface area contributed by atoms with Crippen molar-refractivity contribution >= 4 is 27.5 Å². The van der Waals surface area contributed by atoms with Gasteiger partial charge in [0.1, 0.15) is 0 Å². The Morgan fingerprint density at radius 1 is 1.05 bits per heavy atom. The van der Waals surface area contributed by atoms with E-state index in [2.05, 4.69) is 69.8 Å². The highest BCUT2D eigenvalue weighted by molar-refractivity contribution is 5.91. The van der Waals surface area contributed by atoms with E-state index >= 15 is 0 Å². The Balaban J connectivity index is 1.05. The van der Waals surface area contributed by atoms with Crippen LogP contribution in [0.15, 0.2) is 54.9 Å². The Bertz CT molecular complexity index is 1440. The minimum atomic E-state index is -0.299. The number of pyridine rings is 1. The van der Waals surface area contributed by atoms with E-state index in [0.717, 1.165) is 53.6 Å². The molecule has 1 saturated heterocycles. The van der Waals surface area contributed by atoms with Crippen LogP contribution in [0, 0.1) is 11.3 Å². The van der Waals surface area contributed by atoms with Crippen LogP contribution >= 0.6 is 0 Å². The Hall–Kier alpha value is -3.44. The molecule has 2 aliphatic rings. The summed E-state index contributed by atoms with van der Waals surface area (Å²) in [5.74, 6) is 0.550. The molecular weight excluding hydrogens is 462 g/mol. The van der Waals surface area contributed by atoms with Gasteiger partial charge in [-0.2, -0.15) is 5.26 Å². The minimum Gasteiger partial charge on any atom is -0.382 e. The minimum absolute atomic E-state index is 0.299. The van der Waals surface area contributed by atoms with Crippen molar-refractivity contribution in [1.82, 2.24) is 14.9 Å². The molecule has 0 spiro atoms. The average molecular weight is 496 g/mol. The number of fused-ring (bicyclic) bond motifs is 2. The molecule has 4 aromatic rings. The number of hydrogen-bond donors (Lipinski definition) is 2. The number of nitrogens with one attached hydrogen (secondary N) is 2. The van der Waals surface area contributed by atoms with Gasteiger partial charge in [-0.05, 0) is 73.6 Å². The fraction of sp³-hybridized carbons (Fsp3) is 0.400. The molecule has 0 amide bonds. The monoisotopic (exact) mass is 495 g/mol. The fourth-order valence-corrected chi connectivity index (χ4v) is 5.94. The number of aromatic nitrogens is 2. The molecule has 1 saturated carbocycles. The summed E-state index contributed by atoms with van der Waals surface area (Å²) in [6, 6.07) is 17.1. The van der Waals surface area contributed by atoms with Gasteiger partial charge in [-0.25, -0.2) is 0 Å². The lowest BCUT2D eigenvalue weighted by atomic mass is 9.81. The molecule has 1 aliphatic carbocycles. The van der Waals surface area contributed by atoms with E-state index in [9.17, 15) is 5.26 Å². The van der Waals surface area contributed by atoms with Crippen molar-refractivity contribution < 1.29 is 9.47 Å². The molecule has 6 rings (SSSR count). The highest BCUT2D eigenvalue weighted by Crippen LogP contribution is 2.37. The Morgan fingerprint density at radius 3 is 2.70 bits per heavy atom. The van der Waals surface area contributed by atoms with Crippen molar-refractivity contribution in [3.63, 3.8) is 0 Å². The van der Waals surface area contributed by atoms with E-state index in [-0.39, 0.29) is 6.29 Å². The summed E-state index contributed by atoms with van der Waals surface area (Å²) in [4.78, 5) is 4.60. The van der Waals surface area contributed by atoms with Gasteiger partial charge in [0.25, 0.3) is 0 Å². The van der Waals surface area contributed by atoms with Crippen LogP contribution in [-0.2, 0) is 16.5 Å². The molecule has 3 heterocycles. The summed E-state index contributed by atoms with van der Waals surface area (Å²) in [7, 11) is 2.10. The average Bonchev–Trinajstić information content (AvgIpc) is 3.59. The third-order valence-electron chi connectivity index (χ3n) is 7.81. The summed E-state index contributed by atoms with van der Waals surface area (Å²) >= 11 is 0. The van der Waals surface area contributed by atoms with E-state index in [0.29, 0.717) is 25.2 Å². The largest absolute Gasteiger partial charge is 0.382 e. The van der Waals surface area contributed by atoms with Crippen LogP contribution in [0.5, 0.6) is 0 Å². The molecule has 2 N–H and O–H groups in total. The number of benzene rings is 2. The van der Waals surface area contributed by atoms with Crippen molar-refractivity contribution in [2.24, 2.45) is 7.05 Å². The molecule has 190 valence electrons. The number of rotatable bonds is 7. The van der Waals surface area contributed by atoms with Crippen molar-refractivity contribution in [2.75, 3.05) is 31.6 Å². The molecule has 7 nitrogen and oxygen atoms in total. The first-order valence-electron chi connectivity index (χ1n) is 13.3. The van der Waals surface area contributed by atoms with E-state index in [1.165, 1.54) is 29.3 Å². The molecule has 0 radical (unpaired) electrons. The Kier molecular flexibility index (Phi) is 6.79. The van der Waals surface area contributed by atoms with Crippen molar-refractivity contribution in [1.29, 1.82) is 5.26 Å². The first kappa shape index (κ1) is 23.9. The van der Waals surface area contributed by atoms with Gasteiger partial charge in [0.05, 0.1) is 36.1 Å². The predicted molar refractivity (Wildman–Crippen MR) is 146 cm³/mol. The quantitative estimate of drug-likeness (QED) is 0.335. The van der Waals surface area contributed by atoms with Gasteiger partial charge in [0, 0.05) is 60.4 Å². The SMILES string of the molecule is Cn1cc(C2CCC(NCCNc3cc(C4OCCO4)cc4cccnc34)CC2)c2cc(C#N)ccc21. The van der Waals surface area contributed by atoms with Gasteiger partial charge in [0.2, 0.25) is 0 Å². The fourth-order valence-electron chi connectivity index (χ4n) is 5.94.